The van der Waals surface area contributed by atoms with Crippen molar-refractivity contribution in [2.45, 2.75) is 52.5 Å². The first kappa shape index (κ1) is 22.9. The van der Waals surface area contributed by atoms with E-state index in [2.05, 4.69) is 41.3 Å². The fourth-order valence-corrected chi connectivity index (χ4v) is 2.77. The molecule has 1 heterocycles. The maximum Gasteiger partial charge on any atom is 0.191 e. The molecule has 0 aromatic rings. The third-order valence-corrected chi connectivity index (χ3v) is 4.17. The van der Waals surface area contributed by atoms with Gasteiger partial charge < -0.3 is 20.3 Å². The van der Waals surface area contributed by atoms with Gasteiger partial charge in [-0.15, -0.1) is 24.0 Å². The van der Waals surface area contributed by atoms with Crippen molar-refractivity contribution >= 4 is 29.9 Å². The molecule has 1 fully saturated rings. The number of piperidine rings is 1. The molecule has 0 aromatic carbocycles. The summed E-state index contributed by atoms with van der Waals surface area (Å²) in [6.45, 7) is 12.8. The third-order valence-electron chi connectivity index (χ3n) is 4.17. The van der Waals surface area contributed by atoms with Crippen molar-refractivity contribution in [3.63, 3.8) is 0 Å². The number of hydrogen-bond donors (Lipinski definition) is 2. The molecule has 6 heteroatoms. The smallest absolute Gasteiger partial charge is 0.191 e. The monoisotopic (exact) mass is 440 g/mol. The maximum atomic E-state index is 5.15. The summed E-state index contributed by atoms with van der Waals surface area (Å²) in [5.74, 6) is 1.82. The maximum absolute atomic E-state index is 5.15. The Bertz CT molecular complexity index is 307. The summed E-state index contributed by atoms with van der Waals surface area (Å²) in [5.41, 5.74) is 0. The van der Waals surface area contributed by atoms with Gasteiger partial charge in [-0.2, -0.15) is 0 Å². The summed E-state index contributed by atoms with van der Waals surface area (Å²) in [7, 11) is 1.73. The zero-order valence-electron chi connectivity index (χ0n) is 15.4. The van der Waals surface area contributed by atoms with E-state index in [1.807, 2.05) is 0 Å². The zero-order chi connectivity index (χ0) is 16.2. The van der Waals surface area contributed by atoms with Crippen molar-refractivity contribution < 1.29 is 4.74 Å². The molecule has 0 bridgehead atoms. The molecule has 1 aliphatic heterocycles. The van der Waals surface area contributed by atoms with Crippen molar-refractivity contribution in [3.8, 4) is 0 Å². The normalized spacial score (nSPS) is 18.3. The van der Waals surface area contributed by atoms with Gasteiger partial charge in [-0.25, -0.2) is 0 Å². The molecule has 138 valence electrons. The highest BCUT2D eigenvalue weighted by Crippen LogP contribution is 2.16. The van der Waals surface area contributed by atoms with E-state index in [0.29, 0.717) is 6.61 Å². The Balaban J connectivity index is 0.00000484. The number of halogens is 1. The Kier molecular flexibility index (Phi) is 14.2. The van der Waals surface area contributed by atoms with Crippen molar-refractivity contribution in [1.82, 2.24) is 15.5 Å². The van der Waals surface area contributed by atoms with Crippen LogP contribution in [0.15, 0.2) is 4.99 Å². The average molecular weight is 440 g/mol. The van der Waals surface area contributed by atoms with Gasteiger partial charge in [0.25, 0.3) is 0 Å². The molecular formula is C17H37IN4O. The summed E-state index contributed by atoms with van der Waals surface area (Å²) in [6, 6.07) is 0.276. The molecule has 0 spiro atoms. The fourth-order valence-electron chi connectivity index (χ4n) is 2.77. The topological polar surface area (TPSA) is 48.9 Å². The predicted octanol–water partition coefficient (Wildman–Crippen LogP) is 2.71. The Morgan fingerprint density at radius 2 is 2.00 bits per heavy atom. The number of hydrogen-bond acceptors (Lipinski definition) is 3. The molecule has 0 aliphatic carbocycles. The Morgan fingerprint density at radius 3 is 2.61 bits per heavy atom. The van der Waals surface area contributed by atoms with Gasteiger partial charge >= 0.3 is 0 Å². The molecule has 1 aliphatic rings. The summed E-state index contributed by atoms with van der Waals surface area (Å²) in [4.78, 5) is 7.26. The largest absolute Gasteiger partial charge is 0.383 e. The Hall–Kier alpha value is -0.0800. The molecule has 0 aromatic heterocycles. The number of methoxy groups -OCH3 is 1. The highest BCUT2D eigenvalue weighted by atomic mass is 127. The first-order valence-corrected chi connectivity index (χ1v) is 8.91. The van der Waals surface area contributed by atoms with E-state index in [9.17, 15) is 0 Å². The Morgan fingerprint density at radius 1 is 1.30 bits per heavy atom. The van der Waals surface area contributed by atoms with E-state index in [0.717, 1.165) is 31.4 Å². The van der Waals surface area contributed by atoms with Crippen LogP contribution in [0.1, 0.15) is 46.5 Å². The predicted molar refractivity (Wildman–Crippen MR) is 110 cm³/mol. The molecular weight excluding hydrogens is 403 g/mol. The lowest BCUT2D eigenvalue weighted by molar-refractivity contribution is 0.179. The lowest BCUT2D eigenvalue weighted by atomic mass is 9.99. The van der Waals surface area contributed by atoms with E-state index in [4.69, 9.17) is 4.74 Å². The SMILES string of the molecule is CCNC(=NCCCCN1CCC(C)CC1)NC(C)COC.I. The molecule has 1 atom stereocenters. The van der Waals surface area contributed by atoms with Crippen LogP contribution in [0.4, 0.5) is 0 Å². The van der Waals surface area contributed by atoms with Gasteiger partial charge in [0.15, 0.2) is 5.96 Å². The molecule has 23 heavy (non-hydrogen) atoms. The second kappa shape index (κ2) is 14.3. The van der Waals surface area contributed by atoms with Crippen LogP contribution in [0, 0.1) is 5.92 Å². The van der Waals surface area contributed by atoms with E-state index in [1.165, 1.54) is 38.9 Å². The molecule has 0 amide bonds. The summed E-state index contributed by atoms with van der Waals surface area (Å²) in [6.07, 6.45) is 5.13. The quantitative estimate of drug-likeness (QED) is 0.251. The van der Waals surface area contributed by atoms with Crippen LogP contribution in [0.25, 0.3) is 0 Å². The second-order valence-corrected chi connectivity index (χ2v) is 6.49. The summed E-state index contributed by atoms with van der Waals surface area (Å²) < 4.78 is 5.15. The summed E-state index contributed by atoms with van der Waals surface area (Å²) >= 11 is 0. The van der Waals surface area contributed by atoms with Crippen molar-refractivity contribution in [3.05, 3.63) is 0 Å². The number of guanidine groups is 1. The molecule has 2 N–H and O–H groups in total. The van der Waals surface area contributed by atoms with Crippen LogP contribution >= 0.6 is 24.0 Å². The Labute approximate surface area is 160 Å². The van der Waals surface area contributed by atoms with Crippen LogP contribution in [0.3, 0.4) is 0 Å². The van der Waals surface area contributed by atoms with Gasteiger partial charge in [0, 0.05) is 26.2 Å². The number of ether oxygens (including phenoxy) is 1. The zero-order valence-corrected chi connectivity index (χ0v) is 17.8. The molecule has 0 saturated carbocycles. The van der Waals surface area contributed by atoms with Gasteiger partial charge in [0.05, 0.1) is 6.61 Å². The summed E-state index contributed by atoms with van der Waals surface area (Å²) in [5, 5.41) is 6.66. The second-order valence-electron chi connectivity index (χ2n) is 6.49. The average Bonchev–Trinajstić information content (AvgIpc) is 2.49. The number of likely N-dealkylation sites (tertiary alicyclic amines) is 1. The minimum atomic E-state index is 0. The molecule has 1 saturated heterocycles. The highest BCUT2D eigenvalue weighted by Gasteiger charge is 2.14. The first-order valence-electron chi connectivity index (χ1n) is 8.91. The van der Waals surface area contributed by atoms with Gasteiger partial charge in [-0.05, 0) is 65.1 Å². The molecule has 1 unspecified atom stereocenters. The van der Waals surface area contributed by atoms with E-state index < -0.39 is 0 Å². The van der Waals surface area contributed by atoms with Crippen molar-refractivity contribution in [1.29, 1.82) is 0 Å². The van der Waals surface area contributed by atoms with Gasteiger partial charge in [0.2, 0.25) is 0 Å². The van der Waals surface area contributed by atoms with Crippen molar-refractivity contribution in [2.75, 3.05) is 46.4 Å². The lowest BCUT2D eigenvalue weighted by Crippen LogP contribution is -2.44. The van der Waals surface area contributed by atoms with Crippen LogP contribution in [-0.4, -0.2) is 63.3 Å². The van der Waals surface area contributed by atoms with E-state index in [1.54, 1.807) is 7.11 Å². The fraction of sp³-hybridized carbons (Fsp3) is 0.941. The molecule has 0 radical (unpaired) electrons. The number of aliphatic imine (C=N–C) groups is 1. The number of rotatable bonds is 9. The van der Waals surface area contributed by atoms with Crippen LogP contribution < -0.4 is 10.6 Å². The van der Waals surface area contributed by atoms with Gasteiger partial charge in [-0.1, -0.05) is 6.92 Å². The minimum absolute atomic E-state index is 0. The molecule has 1 rings (SSSR count). The van der Waals surface area contributed by atoms with Crippen LogP contribution in [0.5, 0.6) is 0 Å². The standard InChI is InChI=1S/C17H36N4O.HI/c1-5-18-17(20-16(3)14-22-4)19-10-6-7-11-21-12-8-15(2)9-13-21;/h15-16H,5-14H2,1-4H3,(H2,18,19,20);1H. The van der Waals surface area contributed by atoms with Crippen molar-refractivity contribution in [2.24, 2.45) is 10.9 Å². The highest BCUT2D eigenvalue weighted by molar-refractivity contribution is 14.0. The molecule has 5 nitrogen and oxygen atoms in total. The lowest BCUT2D eigenvalue weighted by Gasteiger charge is -2.30. The van der Waals surface area contributed by atoms with Crippen LogP contribution in [-0.2, 0) is 4.74 Å². The van der Waals surface area contributed by atoms with Gasteiger partial charge in [-0.3, -0.25) is 4.99 Å². The van der Waals surface area contributed by atoms with Crippen LogP contribution in [0.2, 0.25) is 0 Å². The first-order chi connectivity index (χ1) is 10.7. The van der Waals surface area contributed by atoms with E-state index >= 15 is 0 Å². The third kappa shape index (κ3) is 11.2. The number of unbranched alkanes of at least 4 members (excludes halogenated alkanes) is 1. The van der Waals surface area contributed by atoms with E-state index in [-0.39, 0.29) is 30.0 Å². The van der Waals surface area contributed by atoms with Gasteiger partial charge in [0.1, 0.15) is 0 Å². The minimum Gasteiger partial charge on any atom is -0.383 e. The number of nitrogens with zero attached hydrogens (tertiary/aromatic N) is 2. The number of nitrogens with one attached hydrogen (secondary N) is 2.